The van der Waals surface area contributed by atoms with Crippen LogP contribution in [0.25, 0.3) is 0 Å². The molecule has 0 aromatic carbocycles. The molecule has 1 saturated carbocycles. The SMILES string of the molecule is CC(C)(N)CCC(=O)NCC1(CO)CC1. The van der Waals surface area contributed by atoms with Crippen LogP contribution < -0.4 is 11.1 Å². The Hall–Kier alpha value is -0.610. The van der Waals surface area contributed by atoms with E-state index in [9.17, 15) is 4.79 Å². The fourth-order valence-electron chi connectivity index (χ4n) is 1.38. The molecule has 15 heavy (non-hydrogen) atoms. The van der Waals surface area contributed by atoms with Crippen LogP contribution in [0.2, 0.25) is 0 Å². The second-order valence-electron chi connectivity index (χ2n) is 5.42. The van der Waals surface area contributed by atoms with Gasteiger partial charge in [-0.1, -0.05) is 0 Å². The number of hydrogen-bond acceptors (Lipinski definition) is 3. The summed E-state index contributed by atoms with van der Waals surface area (Å²) in [5, 5.41) is 11.9. The molecule has 0 saturated heterocycles. The minimum absolute atomic E-state index is 0.00606. The van der Waals surface area contributed by atoms with Crippen LogP contribution in [0, 0.1) is 5.41 Å². The first-order valence-corrected chi connectivity index (χ1v) is 5.53. The van der Waals surface area contributed by atoms with Gasteiger partial charge in [0.1, 0.15) is 0 Å². The average molecular weight is 214 g/mol. The molecule has 1 fully saturated rings. The first-order chi connectivity index (χ1) is 6.87. The van der Waals surface area contributed by atoms with Crippen molar-refractivity contribution in [1.29, 1.82) is 0 Å². The highest BCUT2D eigenvalue weighted by molar-refractivity contribution is 5.76. The lowest BCUT2D eigenvalue weighted by Gasteiger charge is -2.18. The van der Waals surface area contributed by atoms with Gasteiger partial charge >= 0.3 is 0 Å². The fraction of sp³-hybridized carbons (Fsp3) is 0.909. The number of amides is 1. The van der Waals surface area contributed by atoms with Crippen LogP contribution in [-0.4, -0.2) is 29.7 Å². The number of hydrogen-bond donors (Lipinski definition) is 3. The summed E-state index contributed by atoms with van der Waals surface area (Å²) >= 11 is 0. The van der Waals surface area contributed by atoms with Crippen molar-refractivity contribution in [3.05, 3.63) is 0 Å². The first-order valence-electron chi connectivity index (χ1n) is 5.53. The summed E-state index contributed by atoms with van der Waals surface area (Å²) in [5.41, 5.74) is 5.49. The fourth-order valence-corrected chi connectivity index (χ4v) is 1.38. The van der Waals surface area contributed by atoms with Crippen LogP contribution in [0.4, 0.5) is 0 Å². The van der Waals surface area contributed by atoms with Crippen LogP contribution in [0.3, 0.4) is 0 Å². The third-order valence-corrected chi connectivity index (χ3v) is 2.95. The zero-order chi connectivity index (χ0) is 11.5. The van der Waals surface area contributed by atoms with Gasteiger partial charge in [-0.25, -0.2) is 0 Å². The van der Waals surface area contributed by atoms with E-state index in [1.54, 1.807) is 0 Å². The molecule has 0 heterocycles. The molecule has 0 radical (unpaired) electrons. The molecule has 4 N–H and O–H groups in total. The summed E-state index contributed by atoms with van der Waals surface area (Å²) in [4.78, 5) is 11.4. The third-order valence-electron chi connectivity index (χ3n) is 2.95. The smallest absolute Gasteiger partial charge is 0.220 e. The van der Waals surface area contributed by atoms with Crippen LogP contribution in [-0.2, 0) is 4.79 Å². The molecule has 1 amide bonds. The molecule has 1 rings (SSSR count). The standard InChI is InChI=1S/C11H22N2O2/c1-10(2,12)4-3-9(15)13-7-11(8-14)5-6-11/h14H,3-8,12H2,1-2H3,(H,13,15). The van der Waals surface area contributed by atoms with Crippen molar-refractivity contribution >= 4 is 5.91 Å². The molecule has 1 aliphatic rings. The molecule has 4 nitrogen and oxygen atoms in total. The van der Waals surface area contributed by atoms with Gasteiger partial charge in [-0.2, -0.15) is 0 Å². The van der Waals surface area contributed by atoms with Gasteiger partial charge in [-0.05, 0) is 33.1 Å². The van der Waals surface area contributed by atoms with E-state index in [1.807, 2.05) is 13.8 Å². The van der Waals surface area contributed by atoms with E-state index in [0.29, 0.717) is 19.4 Å². The Bertz CT molecular complexity index is 229. The molecule has 88 valence electrons. The number of carbonyl (C=O) groups is 1. The van der Waals surface area contributed by atoms with Crippen LogP contribution in [0.5, 0.6) is 0 Å². The maximum Gasteiger partial charge on any atom is 0.220 e. The lowest BCUT2D eigenvalue weighted by Crippen LogP contribution is -2.36. The van der Waals surface area contributed by atoms with Crippen LogP contribution in [0.1, 0.15) is 39.5 Å². The van der Waals surface area contributed by atoms with E-state index < -0.39 is 0 Å². The molecule has 0 bridgehead atoms. The van der Waals surface area contributed by atoms with Gasteiger partial charge in [-0.15, -0.1) is 0 Å². The van der Waals surface area contributed by atoms with E-state index >= 15 is 0 Å². The summed E-state index contributed by atoms with van der Waals surface area (Å²) in [6.45, 7) is 4.61. The molecule has 0 aromatic rings. The number of rotatable bonds is 6. The summed E-state index contributed by atoms with van der Waals surface area (Å²) in [6.07, 6.45) is 3.19. The molecule has 0 aliphatic heterocycles. The Labute approximate surface area is 91.2 Å². The quantitative estimate of drug-likeness (QED) is 0.599. The number of aliphatic hydroxyl groups is 1. The molecule has 4 heteroatoms. The van der Waals surface area contributed by atoms with Crippen molar-refractivity contribution in [2.24, 2.45) is 11.1 Å². The molecule has 0 atom stereocenters. The maximum atomic E-state index is 11.4. The normalized spacial score (nSPS) is 18.7. The zero-order valence-corrected chi connectivity index (χ0v) is 9.68. The maximum absolute atomic E-state index is 11.4. The van der Waals surface area contributed by atoms with E-state index in [0.717, 1.165) is 12.8 Å². The third kappa shape index (κ3) is 4.62. The van der Waals surface area contributed by atoms with Crippen molar-refractivity contribution in [3.63, 3.8) is 0 Å². The average Bonchev–Trinajstić information content (AvgIpc) is 2.91. The highest BCUT2D eigenvalue weighted by Gasteiger charge is 2.41. The van der Waals surface area contributed by atoms with Crippen molar-refractivity contribution in [1.82, 2.24) is 5.32 Å². The van der Waals surface area contributed by atoms with Crippen molar-refractivity contribution < 1.29 is 9.90 Å². The summed E-state index contributed by atoms with van der Waals surface area (Å²) in [5.74, 6) is 0.0354. The van der Waals surface area contributed by atoms with Gasteiger partial charge in [-0.3, -0.25) is 4.79 Å². The molecular formula is C11H22N2O2. The van der Waals surface area contributed by atoms with Gasteiger partial charge < -0.3 is 16.2 Å². The molecular weight excluding hydrogens is 192 g/mol. The van der Waals surface area contributed by atoms with E-state index in [4.69, 9.17) is 10.8 Å². The highest BCUT2D eigenvalue weighted by atomic mass is 16.3. The largest absolute Gasteiger partial charge is 0.396 e. The van der Waals surface area contributed by atoms with E-state index in [2.05, 4.69) is 5.32 Å². The van der Waals surface area contributed by atoms with Crippen molar-refractivity contribution in [3.8, 4) is 0 Å². The monoisotopic (exact) mass is 214 g/mol. The second-order valence-corrected chi connectivity index (χ2v) is 5.42. The Morgan fingerprint density at radius 2 is 2.13 bits per heavy atom. The lowest BCUT2D eigenvalue weighted by atomic mass is 10.00. The van der Waals surface area contributed by atoms with E-state index in [1.165, 1.54) is 0 Å². The first kappa shape index (κ1) is 12.5. The van der Waals surface area contributed by atoms with Gasteiger partial charge in [0.25, 0.3) is 0 Å². The molecule has 1 aliphatic carbocycles. The van der Waals surface area contributed by atoms with E-state index in [-0.39, 0.29) is 23.5 Å². The van der Waals surface area contributed by atoms with Crippen LogP contribution >= 0.6 is 0 Å². The minimum Gasteiger partial charge on any atom is -0.396 e. The molecule has 0 aromatic heterocycles. The summed E-state index contributed by atoms with van der Waals surface area (Å²) < 4.78 is 0. The predicted molar refractivity (Wildman–Crippen MR) is 59.3 cm³/mol. The highest BCUT2D eigenvalue weighted by Crippen LogP contribution is 2.44. The zero-order valence-electron chi connectivity index (χ0n) is 9.68. The summed E-state index contributed by atoms with van der Waals surface area (Å²) in [7, 11) is 0. The van der Waals surface area contributed by atoms with Crippen molar-refractivity contribution in [2.45, 2.75) is 45.1 Å². The van der Waals surface area contributed by atoms with Crippen molar-refractivity contribution in [2.75, 3.05) is 13.2 Å². The van der Waals surface area contributed by atoms with Gasteiger partial charge in [0.2, 0.25) is 5.91 Å². The van der Waals surface area contributed by atoms with Gasteiger partial charge in [0.05, 0.1) is 6.61 Å². The molecule has 0 spiro atoms. The van der Waals surface area contributed by atoms with Crippen LogP contribution in [0.15, 0.2) is 0 Å². The Kier molecular flexibility index (Phi) is 3.73. The Morgan fingerprint density at radius 3 is 2.53 bits per heavy atom. The number of nitrogens with one attached hydrogen (secondary N) is 1. The lowest BCUT2D eigenvalue weighted by molar-refractivity contribution is -0.121. The summed E-state index contributed by atoms with van der Waals surface area (Å²) in [6, 6.07) is 0. The minimum atomic E-state index is -0.286. The Morgan fingerprint density at radius 1 is 1.53 bits per heavy atom. The number of nitrogens with two attached hydrogens (primary N) is 1. The predicted octanol–water partition coefficient (Wildman–Crippen LogP) is 0.393. The number of carbonyl (C=O) groups excluding carboxylic acids is 1. The topological polar surface area (TPSA) is 75.4 Å². The molecule has 0 unspecified atom stereocenters. The van der Waals surface area contributed by atoms with Gasteiger partial charge in [0, 0.05) is 23.9 Å². The van der Waals surface area contributed by atoms with Gasteiger partial charge in [0.15, 0.2) is 0 Å². The Balaban J connectivity index is 2.14. The second kappa shape index (κ2) is 4.49. The number of aliphatic hydroxyl groups excluding tert-OH is 1.